The Hall–Kier alpha value is -3.51. The number of fused-ring (bicyclic) bond motifs is 1. The van der Waals surface area contributed by atoms with Crippen LogP contribution < -0.4 is 15.5 Å². The molecule has 1 aromatic rings. The predicted molar refractivity (Wildman–Crippen MR) is 151 cm³/mol. The molecule has 4 aliphatic heterocycles. The van der Waals surface area contributed by atoms with Crippen LogP contribution >= 0.6 is 0 Å². The van der Waals surface area contributed by atoms with Gasteiger partial charge in [-0.2, -0.15) is 0 Å². The van der Waals surface area contributed by atoms with Crippen LogP contribution in [0.4, 0.5) is 10.5 Å². The van der Waals surface area contributed by atoms with E-state index in [0.717, 1.165) is 75.8 Å². The molecule has 0 bridgehead atoms. The quantitative estimate of drug-likeness (QED) is 0.486. The molecular formula is C29H40N6O6. The number of hydrogen-bond acceptors (Lipinski definition) is 9. The van der Waals surface area contributed by atoms with Crippen LogP contribution in [0.3, 0.4) is 0 Å². The molecule has 5 rings (SSSR count). The fourth-order valence-electron chi connectivity index (χ4n) is 6.03. The summed E-state index contributed by atoms with van der Waals surface area (Å²) in [4.78, 5) is 70.7. The molecule has 3 saturated heterocycles. The second-order valence-corrected chi connectivity index (χ2v) is 12.2. The molecule has 1 aromatic carbocycles. The average Bonchev–Trinajstić information content (AvgIpc) is 3.17. The summed E-state index contributed by atoms with van der Waals surface area (Å²) in [5.41, 5.74) is 0.871. The fourth-order valence-corrected chi connectivity index (χ4v) is 6.03. The van der Waals surface area contributed by atoms with Crippen LogP contribution in [-0.4, -0.2) is 114 Å². The van der Waals surface area contributed by atoms with Crippen molar-refractivity contribution < 1.29 is 28.7 Å². The van der Waals surface area contributed by atoms with Gasteiger partial charge in [-0.05, 0) is 52.2 Å². The summed E-state index contributed by atoms with van der Waals surface area (Å²) in [6.45, 7) is 12.4. The first-order chi connectivity index (χ1) is 19.5. The number of likely N-dealkylation sites (tertiary alicyclic amines) is 1. The van der Waals surface area contributed by atoms with Gasteiger partial charge in [-0.25, -0.2) is 4.79 Å². The number of anilines is 1. The molecule has 5 amide bonds. The third-order valence-electron chi connectivity index (χ3n) is 8.20. The minimum atomic E-state index is -0.969. The lowest BCUT2D eigenvalue weighted by molar-refractivity contribution is -0.136. The summed E-state index contributed by atoms with van der Waals surface area (Å²) in [6.07, 6.45) is 1.68. The van der Waals surface area contributed by atoms with Crippen LogP contribution in [-0.2, 0) is 14.3 Å². The van der Waals surface area contributed by atoms with Crippen LogP contribution in [0, 0.1) is 0 Å². The van der Waals surface area contributed by atoms with E-state index in [1.807, 2.05) is 26.8 Å². The van der Waals surface area contributed by atoms with E-state index in [2.05, 4.69) is 25.3 Å². The van der Waals surface area contributed by atoms with E-state index < -0.39 is 29.4 Å². The highest BCUT2D eigenvalue weighted by molar-refractivity contribution is 6.25. The van der Waals surface area contributed by atoms with Gasteiger partial charge in [0.2, 0.25) is 11.8 Å². The molecule has 3 fully saturated rings. The summed E-state index contributed by atoms with van der Waals surface area (Å²) in [5.74, 6) is -1.94. The fraction of sp³-hybridized carbons (Fsp3) is 0.621. The molecule has 2 N–H and O–H groups in total. The third-order valence-corrected chi connectivity index (χ3v) is 8.20. The number of nitrogens with one attached hydrogen (secondary N) is 2. The zero-order valence-corrected chi connectivity index (χ0v) is 24.1. The van der Waals surface area contributed by atoms with Crippen molar-refractivity contribution in [3.05, 3.63) is 29.3 Å². The van der Waals surface area contributed by atoms with Crippen molar-refractivity contribution in [1.29, 1.82) is 0 Å². The highest BCUT2D eigenvalue weighted by Crippen LogP contribution is 2.34. The molecule has 12 nitrogen and oxygen atoms in total. The summed E-state index contributed by atoms with van der Waals surface area (Å²) >= 11 is 0. The van der Waals surface area contributed by atoms with Gasteiger partial charge in [0, 0.05) is 64.8 Å². The molecule has 1 atom stereocenters. The van der Waals surface area contributed by atoms with Gasteiger partial charge in [0.15, 0.2) is 0 Å². The monoisotopic (exact) mass is 568 g/mol. The maximum atomic E-state index is 13.4. The number of carbonyl (C=O) groups excluding carboxylic acids is 5. The van der Waals surface area contributed by atoms with Crippen molar-refractivity contribution >= 4 is 35.4 Å². The van der Waals surface area contributed by atoms with Gasteiger partial charge in [0.1, 0.15) is 11.6 Å². The summed E-state index contributed by atoms with van der Waals surface area (Å²) in [6, 6.07) is 4.44. The lowest BCUT2D eigenvalue weighted by atomic mass is 10.0. The predicted octanol–water partition coefficient (Wildman–Crippen LogP) is 1.20. The summed E-state index contributed by atoms with van der Waals surface area (Å²) in [5, 5.41) is 5.23. The van der Waals surface area contributed by atoms with Gasteiger partial charge in [-0.3, -0.25) is 34.3 Å². The van der Waals surface area contributed by atoms with Crippen LogP contribution in [0.15, 0.2) is 18.2 Å². The number of rotatable bonds is 6. The third kappa shape index (κ3) is 6.54. The summed E-state index contributed by atoms with van der Waals surface area (Å²) < 4.78 is 5.37. The lowest BCUT2D eigenvalue weighted by Gasteiger charge is -2.38. The van der Waals surface area contributed by atoms with Crippen LogP contribution in [0.1, 0.15) is 67.2 Å². The zero-order chi connectivity index (χ0) is 29.3. The topological polar surface area (TPSA) is 132 Å². The van der Waals surface area contributed by atoms with Gasteiger partial charge < -0.3 is 19.9 Å². The molecule has 0 radical (unpaired) electrons. The molecule has 0 aromatic heterocycles. The Labute approximate surface area is 240 Å². The van der Waals surface area contributed by atoms with Crippen molar-refractivity contribution in [2.45, 2.75) is 64.1 Å². The maximum Gasteiger partial charge on any atom is 0.407 e. The molecular weight excluding hydrogens is 528 g/mol. The molecule has 0 spiro atoms. The van der Waals surface area contributed by atoms with Crippen molar-refractivity contribution in [3.63, 3.8) is 0 Å². The Morgan fingerprint density at radius 1 is 0.927 bits per heavy atom. The number of amides is 5. The van der Waals surface area contributed by atoms with E-state index in [4.69, 9.17) is 4.74 Å². The highest BCUT2D eigenvalue weighted by atomic mass is 16.6. The molecule has 4 aliphatic rings. The van der Waals surface area contributed by atoms with Crippen molar-refractivity contribution in [1.82, 2.24) is 25.3 Å². The number of ether oxygens (including phenoxy) is 1. The molecule has 12 heteroatoms. The molecule has 222 valence electrons. The largest absolute Gasteiger partial charge is 0.444 e. The molecule has 1 unspecified atom stereocenters. The smallest absolute Gasteiger partial charge is 0.407 e. The van der Waals surface area contributed by atoms with E-state index in [1.54, 1.807) is 12.1 Å². The minimum absolute atomic E-state index is 0.0968. The van der Waals surface area contributed by atoms with Gasteiger partial charge >= 0.3 is 6.09 Å². The molecule has 4 heterocycles. The molecule has 41 heavy (non-hydrogen) atoms. The zero-order valence-electron chi connectivity index (χ0n) is 24.1. The number of imide groups is 2. The van der Waals surface area contributed by atoms with E-state index in [9.17, 15) is 24.0 Å². The number of hydrogen-bond donors (Lipinski definition) is 2. The van der Waals surface area contributed by atoms with E-state index in [-0.39, 0.29) is 30.9 Å². The SMILES string of the molecule is CC(C)(C)OC(=O)NC1CCN(CCN2CCN(c3cccc4c3C(=O)N(C3CCC(=O)NC3=O)C4=O)CC2)CC1. The minimum Gasteiger partial charge on any atom is -0.444 e. The molecule has 0 aliphatic carbocycles. The number of piperazine rings is 1. The van der Waals surface area contributed by atoms with Gasteiger partial charge in [0.05, 0.1) is 16.8 Å². The van der Waals surface area contributed by atoms with Crippen molar-refractivity contribution in [2.24, 2.45) is 0 Å². The van der Waals surface area contributed by atoms with Gasteiger partial charge in [0.25, 0.3) is 11.8 Å². The van der Waals surface area contributed by atoms with Crippen LogP contribution in [0.5, 0.6) is 0 Å². The first-order valence-electron chi connectivity index (χ1n) is 14.5. The van der Waals surface area contributed by atoms with Gasteiger partial charge in [-0.15, -0.1) is 0 Å². The standard InChI is InChI=1S/C29H40N6O6/c1-29(2,3)41-28(40)30-19-9-11-32(12-10-19)13-14-33-15-17-34(18-16-33)21-6-4-5-20-24(21)27(39)35(26(20)38)22-7-8-23(36)31-25(22)37/h4-6,19,22H,7-18H2,1-3H3,(H,30,40)(H,31,36,37). The van der Waals surface area contributed by atoms with E-state index in [1.165, 1.54) is 0 Å². The second-order valence-electron chi connectivity index (χ2n) is 12.2. The van der Waals surface area contributed by atoms with Crippen LogP contribution in [0.2, 0.25) is 0 Å². The Balaban J connectivity index is 1.10. The normalized spacial score (nSPS) is 23.0. The number of piperidine rings is 2. The Morgan fingerprint density at radius 2 is 1.59 bits per heavy atom. The van der Waals surface area contributed by atoms with Gasteiger partial charge in [-0.1, -0.05) is 6.07 Å². The van der Waals surface area contributed by atoms with E-state index in [0.29, 0.717) is 11.1 Å². The first kappa shape index (κ1) is 29.0. The van der Waals surface area contributed by atoms with Crippen molar-refractivity contribution in [2.75, 3.05) is 57.3 Å². The number of benzene rings is 1. The Kier molecular flexibility index (Phi) is 8.32. The molecule has 0 saturated carbocycles. The second kappa shape index (κ2) is 11.8. The lowest BCUT2D eigenvalue weighted by Crippen LogP contribution is -2.54. The summed E-state index contributed by atoms with van der Waals surface area (Å²) in [7, 11) is 0. The van der Waals surface area contributed by atoms with Crippen molar-refractivity contribution in [3.8, 4) is 0 Å². The first-order valence-corrected chi connectivity index (χ1v) is 14.5. The highest BCUT2D eigenvalue weighted by Gasteiger charge is 2.46. The Morgan fingerprint density at radius 3 is 2.22 bits per heavy atom. The Bertz CT molecular complexity index is 1210. The van der Waals surface area contributed by atoms with Crippen LogP contribution in [0.25, 0.3) is 0 Å². The average molecular weight is 569 g/mol. The van der Waals surface area contributed by atoms with E-state index >= 15 is 0 Å². The number of nitrogens with zero attached hydrogens (tertiary/aromatic N) is 4. The number of alkyl carbamates (subject to hydrolysis) is 1. The maximum absolute atomic E-state index is 13.4. The number of carbonyl (C=O) groups is 5.